The second-order valence-corrected chi connectivity index (χ2v) is 7.84. The molecule has 3 aliphatic rings. The molecule has 0 bridgehead atoms. The third kappa shape index (κ3) is 3.42. The zero-order valence-electron chi connectivity index (χ0n) is 16.0. The van der Waals surface area contributed by atoms with Gasteiger partial charge >= 0.3 is 0 Å². The predicted molar refractivity (Wildman–Crippen MR) is 106 cm³/mol. The van der Waals surface area contributed by atoms with E-state index in [4.69, 9.17) is 5.26 Å². The van der Waals surface area contributed by atoms with Gasteiger partial charge in [0.25, 0.3) is 0 Å². The number of amides is 1. The second kappa shape index (κ2) is 7.55. The van der Waals surface area contributed by atoms with Crippen molar-refractivity contribution < 1.29 is 4.79 Å². The summed E-state index contributed by atoms with van der Waals surface area (Å²) in [7, 11) is 0. The summed E-state index contributed by atoms with van der Waals surface area (Å²) in [5.41, 5.74) is 0.285. The monoisotopic (exact) mass is 376 g/mol. The zero-order chi connectivity index (χ0) is 19.6. The van der Waals surface area contributed by atoms with Gasteiger partial charge in [0.1, 0.15) is 11.8 Å². The molecule has 1 saturated heterocycles. The number of allylic oxidation sites excluding steroid dienone is 3. The van der Waals surface area contributed by atoms with E-state index >= 15 is 0 Å². The summed E-state index contributed by atoms with van der Waals surface area (Å²) in [4.78, 5) is 23.8. The van der Waals surface area contributed by atoms with Crippen LogP contribution in [0.4, 0.5) is 5.95 Å². The molecule has 28 heavy (non-hydrogen) atoms. The number of carbonyl (C=O) groups is 1. The lowest BCUT2D eigenvalue weighted by Gasteiger charge is -2.39. The van der Waals surface area contributed by atoms with Gasteiger partial charge in [0.15, 0.2) is 0 Å². The summed E-state index contributed by atoms with van der Waals surface area (Å²) in [6, 6.07) is 3.72. The number of rotatable bonds is 3. The molecule has 1 fully saturated rings. The van der Waals surface area contributed by atoms with Crippen LogP contribution in [0.3, 0.4) is 0 Å². The van der Waals surface area contributed by atoms with Gasteiger partial charge in [-0.3, -0.25) is 4.79 Å². The molecule has 1 aromatic rings. The minimum Gasteiger partial charge on any atom is -0.341 e. The Balaban J connectivity index is 1.41. The first-order valence-electron chi connectivity index (χ1n) is 9.79. The van der Waals surface area contributed by atoms with Crippen molar-refractivity contribution in [1.82, 2.24) is 15.0 Å². The highest BCUT2D eigenvalue weighted by molar-refractivity contribution is 5.82. The number of aromatic nitrogens is 2. The second-order valence-electron chi connectivity index (χ2n) is 7.84. The van der Waals surface area contributed by atoms with E-state index in [9.17, 15) is 4.79 Å². The van der Waals surface area contributed by atoms with E-state index in [0.717, 1.165) is 25.7 Å². The summed E-state index contributed by atoms with van der Waals surface area (Å²) < 4.78 is 0. The lowest BCUT2D eigenvalue weighted by Crippen LogP contribution is -2.48. The number of piperidine rings is 1. The largest absolute Gasteiger partial charge is 0.341 e. The number of hydrogen-bond donors (Lipinski definition) is 0. The van der Waals surface area contributed by atoms with Crippen molar-refractivity contribution in [2.75, 3.05) is 18.0 Å². The van der Waals surface area contributed by atoms with Gasteiger partial charge in [0, 0.05) is 43.3 Å². The van der Waals surface area contributed by atoms with Gasteiger partial charge in [-0.2, -0.15) is 10.4 Å². The van der Waals surface area contributed by atoms with Crippen molar-refractivity contribution in [1.29, 1.82) is 5.26 Å². The van der Waals surface area contributed by atoms with Crippen LogP contribution in [0.25, 0.3) is 0 Å². The fraction of sp³-hybridized carbons (Fsp3) is 0.476. The van der Waals surface area contributed by atoms with Gasteiger partial charge in [-0.05, 0) is 25.3 Å². The Morgan fingerprint density at radius 1 is 1.32 bits per heavy atom. The lowest BCUT2D eigenvalue weighted by atomic mass is 9.75. The molecule has 1 aliphatic carbocycles. The molecule has 7 nitrogen and oxygen atoms in total. The molecule has 3 heterocycles. The van der Waals surface area contributed by atoms with Crippen molar-refractivity contribution in [3.8, 4) is 6.07 Å². The predicted octanol–water partition coefficient (Wildman–Crippen LogP) is 2.67. The van der Waals surface area contributed by atoms with Crippen molar-refractivity contribution in [3.05, 3.63) is 42.3 Å². The number of hydrazone groups is 1. The third-order valence-corrected chi connectivity index (χ3v) is 5.98. The van der Waals surface area contributed by atoms with E-state index in [1.807, 2.05) is 17.2 Å². The van der Waals surface area contributed by atoms with Crippen LogP contribution in [-0.2, 0) is 4.79 Å². The SMILES string of the molecule is CC1([C@@H]2CC=NN2C(=O)C2CCN(c3nccc(C#N)n3)CC2)C=CC=CC1. The zero-order valence-corrected chi connectivity index (χ0v) is 16.0. The van der Waals surface area contributed by atoms with E-state index in [1.54, 1.807) is 17.3 Å². The summed E-state index contributed by atoms with van der Waals surface area (Å²) in [5, 5.41) is 15.2. The van der Waals surface area contributed by atoms with Crippen LogP contribution in [-0.4, -0.2) is 46.2 Å². The van der Waals surface area contributed by atoms with Crippen LogP contribution in [0.1, 0.15) is 38.3 Å². The molecule has 1 unspecified atom stereocenters. The minimum absolute atomic E-state index is 0.0418. The molecule has 144 valence electrons. The fourth-order valence-electron chi connectivity index (χ4n) is 4.24. The molecule has 0 N–H and O–H groups in total. The minimum atomic E-state index is -0.0762. The van der Waals surface area contributed by atoms with Gasteiger partial charge in [0.05, 0.1) is 6.04 Å². The highest BCUT2D eigenvalue weighted by Gasteiger charge is 2.42. The lowest BCUT2D eigenvalue weighted by molar-refractivity contribution is -0.139. The summed E-state index contributed by atoms with van der Waals surface area (Å²) >= 11 is 0. The quantitative estimate of drug-likeness (QED) is 0.810. The first-order chi connectivity index (χ1) is 13.6. The maximum atomic E-state index is 13.2. The Hall–Kier alpha value is -3.01. The smallest absolute Gasteiger partial charge is 0.246 e. The molecule has 2 atom stereocenters. The van der Waals surface area contributed by atoms with Crippen LogP contribution >= 0.6 is 0 Å². The van der Waals surface area contributed by atoms with Crippen molar-refractivity contribution in [2.24, 2.45) is 16.4 Å². The van der Waals surface area contributed by atoms with Crippen LogP contribution in [0.5, 0.6) is 0 Å². The van der Waals surface area contributed by atoms with E-state index in [2.05, 4.69) is 46.3 Å². The average molecular weight is 376 g/mol. The number of nitrogens with zero attached hydrogens (tertiary/aromatic N) is 6. The number of anilines is 1. The summed E-state index contributed by atoms with van der Waals surface area (Å²) in [6.07, 6.45) is 15.2. The highest BCUT2D eigenvalue weighted by atomic mass is 16.2. The topological polar surface area (TPSA) is 85.5 Å². The normalized spacial score (nSPS) is 27.2. The maximum absolute atomic E-state index is 13.2. The van der Waals surface area contributed by atoms with Crippen molar-refractivity contribution >= 4 is 18.1 Å². The number of carbonyl (C=O) groups excluding carboxylic acids is 1. The molecular weight excluding hydrogens is 352 g/mol. The van der Waals surface area contributed by atoms with Crippen LogP contribution in [0, 0.1) is 22.7 Å². The van der Waals surface area contributed by atoms with Gasteiger partial charge in [-0.15, -0.1) is 0 Å². The standard InChI is InChI=1S/C21H24N6O/c1-21(9-3-2-4-10-21)18-6-12-24-27(18)19(28)16-7-13-26(14-8-16)20-23-11-5-17(15-22)25-20/h2-5,9,11-12,16,18H,6-8,10,13-14H2,1H3/t18-,21?/m0/s1. The molecule has 0 aromatic carbocycles. The van der Waals surface area contributed by atoms with E-state index < -0.39 is 0 Å². The Morgan fingerprint density at radius 2 is 2.14 bits per heavy atom. The molecule has 7 heteroatoms. The summed E-state index contributed by atoms with van der Waals surface area (Å²) in [5.74, 6) is 0.641. The number of hydrogen-bond acceptors (Lipinski definition) is 6. The Kier molecular flexibility index (Phi) is 4.95. The first kappa shape index (κ1) is 18.4. The van der Waals surface area contributed by atoms with Crippen LogP contribution in [0.2, 0.25) is 0 Å². The summed E-state index contributed by atoms with van der Waals surface area (Å²) in [6.45, 7) is 3.61. The van der Waals surface area contributed by atoms with Crippen molar-refractivity contribution in [3.63, 3.8) is 0 Å². The molecule has 4 rings (SSSR count). The Bertz CT molecular complexity index is 877. The van der Waals surface area contributed by atoms with Gasteiger partial charge in [-0.1, -0.05) is 31.2 Å². The van der Waals surface area contributed by atoms with Crippen LogP contribution in [0.15, 0.2) is 41.7 Å². The maximum Gasteiger partial charge on any atom is 0.246 e. The van der Waals surface area contributed by atoms with E-state index in [0.29, 0.717) is 24.7 Å². The Morgan fingerprint density at radius 3 is 2.86 bits per heavy atom. The third-order valence-electron chi connectivity index (χ3n) is 5.98. The molecule has 0 saturated carbocycles. The highest BCUT2D eigenvalue weighted by Crippen LogP contribution is 2.39. The van der Waals surface area contributed by atoms with Crippen LogP contribution < -0.4 is 4.90 Å². The molecule has 0 radical (unpaired) electrons. The molecular formula is C21H24N6O. The molecule has 0 spiro atoms. The van der Waals surface area contributed by atoms with E-state index in [-0.39, 0.29) is 23.3 Å². The van der Waals surface area contributed by atoms with Gasteiger partial charge in [-0.25, -0.2) is 15.0 Å². The van der Waals surface area contributed by atoms with Gasteiger partial charge < -0.3 is 4.90 Å². The first-order valence-corrected chi connectivity index (χ1v) is 9.79. The molecule has 2 aliphatic heterocycles. The van der Waals surface area contributed by atoms with Gasteiger partial charge in [0.2, 0.25) is 11.9 Å². The Labute approximate surface area is 165 Å². The van der Waals surface area contributed by atoms with E-state index in [1.165, 1.54) is 0 Å². The molecule has 1 aromatic heterocycles. The number of nitriles is 1. The molecule has 1 amide bonds. The average Bonchev–Trinajstić information content (AvgIpc) is 3.25. The van der Waals surface area contributed by atoms with Crippen molar-refractivity contribution in [2.45, 2.75) is 38.6 Å². The fourth-order valence-corrected chi connectivity index (χ4v) is 4.24.